The fraction of sp³-hybridized carbons (Fsp3) is 0.875. The maximum absolute atomic E-state index is 11.9. The van der Waals surface area contributed by atoms with Crippen molar-refractivity contribution >= 4 is 5.71 Å². The van der Waals surface area contributed by atoms with Crippen molar-refractivity contribution in [2.24, 2.45) is 33.7 Å². The zero-order valence-corrected chi connectivity index (χ0v) is 17.8. The number of nitrogens with one attached hydrogen (secondary N) is 1. The molecule has 0 radical (unpaired) electrons. The van der Waals surface area contributed by atoms with Gasteiger partial charge in [0.15, 0.2) is 0 Å². The van der Waals surface area contributed by atoms with Crippen LogP contribution in [0.15, 0.2) is 17.3 Å². The average Bonchev–Trinajstić information content (AvgIpc) is 3.30. The van der Waals surface area contributed by atoms with Gasteiger partial charge in [0.1, 0.15) is 6.10 Å². The van der Waals surface area contributed by atoms with E-state index in [1.807, 2.05) is 0 Å². The number of hydrogen-bond donors (Lipinski definition) is 2. The maximum Gasteiger partial charge on any atom is 0.141 e. The average molecular weight is 387 g/mol. The molecule has 28 heavy (non-hydrogen) atoms. The van der Waals surface area contributed by atoms with Crippen LogP contribution in [-0.2, 0) is 4.84 Å². The number of fused-ring (bicyclic) bond motifs is 5. The second kappa shape index (κ2) is 6.57. The van der Waals surface area contributed by atoms with E-state index in [2.05, 4.69) is 30.9 Å². The van der Waals surface area contributed by atoms with Crippen LogP contribution in [0.25, 0.3) is 0 Å². The van der Waals surface area contributed by atoms with Crippen molar-refractivity contribution in [2.45, 2.75) is 89.8 Å². The molecule has 5 aliphatic rings. The molecular weight excluding hydrogens is 348 g/mol. The smallest absolute Gasteiger partial charge is 0.141 e. The van der Waals surface area contributed by atoms with Crippen molar-refractivity contribution in [2.75, 3.05) is 13.1 Å². The van der Waals surface area contributed by atoms with E-state index in [1.165, 1.54) is 37.7 Å². The monoisotopic (exact) mass is 386 g/mol. The molecule has 0 spiro atoms. The molecule has 0 amide bonds. The summed E-state index contributed by atoms with van der Waals surface area (Å²) in [5, 5.41) is 19.8. The minimum atomic E-state index is -0.702. The van der Waals surface area contributed by atoms with E-state index in [4.69, 9.17) is 4.84 Å². The fourth-order valence-corrected chi connectivity index (χ4v) is 7.91. The van der Waals surface area contributed by atoms with Gasteiger partial charge in [0.2, 0.25) is 0 Å². The number of aliphatic hydroxyl groups is 1. The minimum absolute atomic E-state index is 0.0172. The summed E-state index contributed by atoms with van der Waals surface area (Å²) in [5.74, 6) is 1.98. The van der Waals surface area contributed by atoms with E-state index in [0.29, 0.717) is 23.7 Å². The highest BCUT2D eigenvalue weighted by atomic mass is 16.6. The first kappa shape index (κ1) is 19.1. The maximum atomic E-state index is 11.9. The normalized spacial score (nSPS) is 52.2. The molecule has 4 nitrogen and oxygen atoms in total. The van der Waals surface area contributed by atoms with Crippen molar-refractivity contribution in [3.63, 3.8) is 0 Å². The molecule has 1 heterocycles. The Morgan fingerprint density at radius 1 is 1.11 bits per heavy atom. The van der Waals surface area contributed by atoms with E-state index in [0.717, 1.165) is 50.4 Å². The van der Waals surface area contributed by atoms with Gasteiger partial charge < -0.3 is 15.3 Å². The second-order valence-electron chi connectivity index (χ2n) is 11.2. The first-order chi connectivity index (χ1) is 13.3. The molecule has 0 aromatic heterocycles. The van der Waals surface area contributed by atoms with Gasteiger partial charge in [-0.25, -0.2) is 0 Å². The van der Waals surface area contributed by atoms with Crippen LogP contribution >= 0.6 is 0 Å². The summed E-state index contributed by atoms with van der Waals surface area (Å²) >= 11 is 0. The number of rotatable bonds is 2. The van der Waals surface area contributed by atoms with Crippen molar-refractivity contribution in [1.29, 1.82) is 0 Å². The molecule has 1 saturated heterocycles. The summed E-state index contributed by atoms with van der Waals surface area (Å²) in [4.78, 5) is 5.80. The molecule has 7 atom stereocenters. The molecule has 1 aliphatic heterocycles. The highest BCUT2D eigenvalue weighted by molar-refractivity contribution is 5.86. The van der Waals surface area contributed by atoms with Crippen molar-refractivity contribution in [3.8, 4) is 0 Å². The van der Waals surface area contributed by atoms with Crippen LogP contribution in [0.5, 0.6) is 0 Å². The molecule has 1 unspecified atom stereocenters. The molecule has 4 saturated carbocycles. The van der Waals surface area contributed by atoms with Crippen LogP contribution in [-0.4, -0.2) is 35.6 Å². The van der Waals surface area contributed by atoms with Crippen LogP contribution in [0.1, 0.15) is 78.1 Å². The van der Waals surface area contributed by atoms with Crippen LogP contribution in [0.4, 0.5) is 0 Å². The van der Waals surface area contributed by atoms with Crippen molar-refractivity contribution in [1.82, 2.24) is 5.32 Å². The fourth-order valence-electron chi connectivity index (χ4n) is 7.91. The van der Waals surface area contributed by atoms with E-state index in [1.54, 1.807) is 0 Å². The van der Waals surface area contributed by atoms with Crippen LogP contribution in [0, 0.1) is 28.6 Å². The zero-order valence-electron chi connectivity index (χ0n) is 17.8. The Kier molecular flexibility index (Phi) is 4.48. The van der Waals surface area contributed by atoms with E-state index < -0.39 is 5.60 Å². The molecule has 4 heteroatoms. The van der Waals surface area contributed by atoms with Gasteiger partial charge in [0.25, 0.3) is 0 Å². The van der Waals surface area contributed by atoms with Crippen molar-refractivity contribution in [3.05, 3.63) is 12.2 Å². The van der Waals surface area contributed by atoms with Gasteiger partial charge in [-0.05, 0) is 74.7 Å². The molecule has 5 fully saturated rings. The Balaban J connectivity index is 1.38. The van der Waals surface area contributed by atoms with E-state index in [9.17, 15) is 5.11 Å². The summed E-state index contributed by atoms with van der Waals surface area (Å²) in [5.41, 5.74) is 2.17. The van der Waals surface area contributed by atoms with Gasteiger partial charge in [-0.2, -0.15) is 0 Å². The molecule has 2 N–H and O–H groups in total. The number of oxime groups is 1. The molecule has 156 valence electrons. The van der Waals surface area contributed by atoms with Crippen LogP contribution in [0.2, 0.25) is 0 Å². The first-order valence-corrected chi connectivity index (χ1v) is 11.7. The third kappa shape index (κ3) is 2.74. The lowest BCUT2D eigenvalue weighted by molar-refractivity contribution is -0.168. The lowest BCUT2D eigenvalue weighted by atomic mass is 9.43. The summed E-state index contributed by atoms with van der Waals surface area (Å²) in [7, 11) is 0. The Hall–Kier alpha value is -0.870. The van der Waals surface area contributed by atoms with Gasteiger partial charge in [-0.1, -0.05) is 37.6 Å². The Bertz CT molecular complexity index is 684. The SMILES string of the molecule is C=C1C[C@@]2(O)CC(=NOC3CCNC3)CC[C@]2(C)[C@H]2CC[C@]3(C)CCC[C@H]3[C@H]12. The standard InChI is InChI=1S/C24H38N2O2/c1-16-13-24(27)14-17(26-28-18-8-12-25-15-18)6-11-23(24,3)20-7-10-22(2)9-4-5-19(22)21(16)20/h18-21,25,27H,1,4-15H2,2-3H3/t18?,19-,20-,21-,22-,23+,24+/m0/s1. The predicted molar refractivity (Wildman–Crippen MR) is 112 cm³/mol. The first-order valence-electron chi connectivity index (χ1n) is 11.7. The number of hydrogen-bond acceptors (Lipinski definition) is 4. The Morgan fingerprint density at radius 3 is 2.75 bits per heavy atom. The zero-order chi connectivity index (χ0) is 19.6. The largest absolute Gasteiger partial charge is 0.391 e. The quantitative estimate of drug-likeness (QED) is 0.545. The van der Waals surface area contributed by atoms with Gasteiger partial charge >= 0.3 is 0 Å². The highest BCUT2D eigenvalue weighted by Gasteiger charge is 2.64. The lowest BCUT2D eigenvalue weighted by Crippen LogP contribution is -2.62. The topological polar surface area (TPSA) is 53.9 Å². The van der Waals surface area contributed by atoms with Crippen LogP contribution < -0.4 is 5.32 Å². The van der Waals surface area contributed by atoms with E-state index in [-0.39, 0.29) is 11.5 Å². The molecule has 0 aromatic rings. The number of nitrogens with zero attached hydrogens (tertiary/aromatic N) is 1. The van der Waals surface area contributed by atoms with Gasteiger partial charge in [-0.15, -0.1) is 0 Å². The summed E-state index contributed by atoms with van der Waals surface area (Å²) < 4.78 is 0. The summed E-state index contributed by atoms with van der Waals surface area (Å²) in [6.45, 7) is 11.4. The van der Waals surface area contributed by atoms with E-state index >= 15 is 0 Å². The molecule has 4 aliphatic carbocycles. The minimum Gasteiger partial charge on any atom is -0.391 e. The molecular formula is C24H38N2O2. The lowest BCUT2D eigenvalue weighted by Gasteiger charge is -2.63. The summed E-state index contributed by atoms with van der Waals surface area (Å²) in [6, 6.07) is 0. The summed E-state index contributed by atoms with van der Waals surface area (Å²) in [6.07, 6.45) is 11.4. The van der Waals surface area contributed by atoms with Crippen molar-refractivity contribution < 1.29 is 9.94 Å². The Labute approximate surface area is 170 Å². The molecule has 0 bridgehead atoms. The Morgan fingerprint density at radius 2 is 1.96 bits per heavy atom. The highest BCUT2D eigenvalue weighted by Crippen LogP contribution is 2.68. The van der Waals surface area contributed by atoms with Crippen LogP contribution in [0.3, 0.4) is 0 Å². The second-order valence-corrected chi connectivity index (χ2v) is 11.2. The third-order valence-corrected chi connectivity index (χ3v) is 9.70. The third-order valence-electron chi connectivity index (χ3n) is 9.70. The molecule has 5 rings (SSSR count). The predicted octanol–water partition coefficient (Wildman–Crippen LogP) is 4.43. The molecule has 0 aromatic carbocycles. The van der Waals surface area contributed by atoms with Gasteiger partial charge in [-0.3, -0.25) is 0 Å². The van der Waals surface area contributed by atoms with Gasteiger partial charge in [0.05, 0.1) is 11.3 Å². The van der Waals surface area contributed by atoms with Gasteiger partial charge in [0, 0.05) is 24.8 Å².